The molecule has 4 atom stereocenters. The number of hydrogen-bond donors (Lipinski definition) is 0. The predicted octanol–water partition coefficient (Wildman–Crippen LogP) is 4.98. The number of halogens is 7. The molecule has 4 unspecified atom stereocenters. The van der Waals surface area contributed by atoms with Crippen molar-refractivity contribution in [2.45, 2.75) is 50.9 Å². The van der Waals surface area contributed by atoms with Gasteiger partial charge in [0.15, 0.2) is 18.9 Å². The third-order valence-electron chi connectivity index (χ3n) is 4.29. The van der Waals surface area contributed by atoms with Crippen molar-refractivity contribution in [3.63, 3.8) is 0 Å². The summed E-state index contributed by atoms with van der Waals surface area (Å²) in [5.41, 5.74) is 0. The number of rotatable bonds is 0. The Balaban J connectivity index is 0.00000153. The van der Waals surface area contributed by atoms with Gasteiger partial charge in [-0.1, -0.05) is 0 Å². The van der Waals surface area contributed by atoms with Crippen LogP contribution in [0.1, 0.15) is 25.7 Å². The van der Waals surface area contributed by atoms with E-state index in [1.807, 2.05) is 0 Å². The van der Waals surface area contributed by atoms with Gasteiger partial charge in [0.25, 0.3) is 0 Å². The zero-order valence-corrected chi connectivity index (χ0v) is 19.7. The maximum atomic E-state index is 14.0. The first-order valence-electron chi connectivity index (χ1n) is 8.71. The average Bonchev–Trinajstić information content (AvgIpc) is 2.59. The van der Waals surface area contributed by atoms with E-state index in [0.717, 1.165) is 0 Å². The van der Waals surface area contributed by atoms with Crippen LogP contribution in [0.5, 0.6) is 0 Å². The molecule has 0 bridgehead atoms. The Morgan fingerprint density at radius 2 is 1.04 bits per heavy atom. The van der Waals surface area contributed by atoms with Gasteiger partial charge in [-0.05, 0) is 34.0 Å². The average molecular weight is 496 g/mol. The molecule has 12 heteroatoms. The van der Waals surface area contributed by atoms with Crippen molar-refractivity contribution in [3.8, 4) is 0 Å². The zero-order valence-electron chi connectivity index (χ0n) is 15.9. The normalized spacial score (nSPS) is 31.8. The molecular weight excluding hydrogens is 466 g/mol. The molecule has 162 valence electrons. The maximum absolute atomic E-state index is 14.0. The summed E-state index contributed by atoms with van der Waals surface area (Å²) < 4.78 is 55.6. The molecule has 1 rings (SSSR count). The molecule has 1 aliphatic rings. The second-order valence-corrected chi connectivity index (χ2v) is 14.2. The Morgan fingerprint density at radius 1 is 0.704 bits per heavy atom. The Hall–Kier alpha value is 1.14. The van der Waals surface area contributed by atoms with Crippen molar-refractivity contribution in [3.05, 3.63) is 5.32 Å². The monoisotopic (exact) mass is 494 g/mol. The van der Waals surface area contributed by atoms with Gasteiger partial charge in [-0.2, -0.15) is 0 Å². The molecule has 1 fully saturated rings. The molecule has 0 N–H and O–H groups in total. The van der Waals surface area contributed by atoms with Crippen LogP contribution < -0.4 is 0 Å². The van der Waals surface area contributed by atoms with Crippen LogP contribution in [0.3, 0.4) is 0 Å². The van der Waals surface area contributed by atoms with E-state index < -0.39 is 39.9 Å². The molecule has 0 aliphatic carbocycles. The number of nitrogens with zero attached hydrogens (tertiary/aromatic N) is 4. The van der Waals surface area contributed by atoms with Crippen molar-refractivity contribution in [1.82, 2.24) is 14.7 Å². The molecule has 4 nitrogen and oxygen atoms in total. The first-order valence-corrected chi connectivity index (χ1v) is 15.2. The van der Waals surface area contributed by atoms with Gasteiger partial charge in [0.05, 0.1) is 0 Å². The van der Waals surface area contributed by atoms with Crippen LogP contribution in [-0.4, -0.2) is 87.2 Å². The van der Waals surface area contributed by atoms with Crippen LogP contribution >= 0.6 is 27.9 Å². The second-order valence-electron chi connectivity index (χ2n) is 6.45. The van der Waals surface area contributed by atoms with Gasteiger partial charge in [0, 0.05) is 38.8 Å². The third-order valence-corrected chi connectivity index (χ3v) is 4.29. The summed E-state index contributed by atoms with van der Waals surface area (Å²) in [7, 11) is 19.6. The van der Waals surface area contributed by atoms with Crippen molar-refractivity contribution >= 4 is 27.9 Å². The summed E-state index contributed by atoms with van der Waals surface area (Å²) in [6.07, 6.45) is -4.73. The minimum atomic E-state index is -1.92. The Morgan fingerprint density at radius 3 is 1.44 bits per heavy atom. The molecule has 0 saturated carbocycles. The van der Waals surface area contributed by atoms with Crippen LogP contribution in [0.25, 0.3) is 5.32 Å². The minimum absolute atomic E-state index is 0.0639. The van der Waals surface area contributed by atoms with E-state index >= 15 is 0 Å². The SMILES string of the molecule is CN1CCC(F)[N-]CCC(F)N(C)CCC(F)N(C)CCC1F.[Cl][Ti+]([Cl])[Cl]. The van der Waals surface area contributed by atoms with E-state index in [4.69, 9.17) is 27.9 Å². The summed E-state index contributed by atoms with van der Waals surface area (Å²) in [6, 6.07) is 0. The second kappa shape index (κ2) is 15.9. The molecule has 0 aromatic rings. The summed E-state index contributed by atoms with van der Waals surface area (Å²) >= 11 is -1.92. The van der Waals surface area contributed by atoms with E-state index in [1.165, 1.54) is 14.7 Å². The topological polar surface area (TPSA) is 23.8 Å². The molecule has 0 amide bonds. The van der Waals surface area contributed by atoms with Gasteiger partial charge < -0.3 is 5.32 Å². The fourth-order valence-electron chi connectivity index (χ4n) is 2.42. The molecule has 0 spiro atoms. The molecule has 1 aliphatic heterocycles. The van der Waals surface area contributed by atoms with Gasteiger partial charge in [0.2, 0.25) is 0 Å². The molecular formula is C15H29Cl3F4N4Ti. The van der Waals surface area contributed by atoms with Crippen LogP contribution in [0.2, 0.25) is 0 Å². The van der Waals surface area contributed by atoms with Gasteiger partial charge in [0.1, 0.15) is 0 Å². The predicted molar refractivity (Wildman–Crippen MR) is 102 cm³/mol. The zero-order chi connectivity index (χ0) is 21.0. The summed E-state index contributed by atoms with van der Waals surface area (Å²) in [4.78, 5) is 4.24. The molecule has 0 aromatic heterocycles. The van der Waals surface area contributed by atoms with Crippen molar-refractivity contribution in [2.75, 3.05) is 47.3 Å². The van der Waals surface area contributed by atoms with E-state index in [0.29, 0.717) is 0 Å². The van der Waals surface area contributed by atoms with Gasteiger partial charge in [-0.25, -0.2) is 13.2 Å². The summed E-state index contributed by atoms with van der Waals surface area (Å²) in [6.45, 7) is 0.769. The Kier molecular flexibility index (Phi) is 16.6. The van der Waals surface area contributed by atoms with E-state index in [-0.39, 0.29) is 51.9 Å². The van der Waals surface area contributed by atoms with Gasteiger partial charge in [-0.3, -0.25) is 19.1 Å². The quantitative estimate of drug-likeness (QED) is 0.269. The van der Waals surface area contributed by atoms with Crippen LogP contribution in [0, 0.1) is 0 Å². The number of hydrogen-bond acceptors (Lipinski definition) is 3. The molecule has 27 heavy (non-hydrogen) atoms. The van der Waals surface area contributed by atoms with Crippen LogP contribution in [0.4, 0.5) is 17.6 Å². The van der Waals surface area contributed by atoms with Gasteiger partial charge >= 0.3 is 42.6 Å². The van der Waals surface area contributed by atoms with Crippen LogP contribution in [-0.2, 0) is 14.7 Å². The molecule has 1 heterocycles. The van der Waals surface area contributed by atoms with Crippen molar-refractivity contribution in [1.29, 1.82) is 0 Å². The fraction of sp³-hybridized carbons (Fsp3) is 1.00. The van der Waals surface area contributed by atoms with Gasteiger partial charge in [-0.15, -0.1) is 6.54 Å². The molecule has 0 aromatic carbocycles. The molecule has 1 saturated heterocycles. The van der Waals surface area contributed by atoms with E-state index in [9.17, 15) is 17.6 Å². The summed E-state index contributed by atoms with van der Waals surface area (Å²) in [5.74, 6) is 0. The standard InChI is InChI=1S/C15H29F4N4.3ClH.Ti/c1-21-9-5-12(16)20-8-4-13(17)22(2)10-6-15(19)23(3)11-7-14(21)18;;;;/h12-15H,4-11H2,1-3H3;3*1H;/q-1;;;;+4/p-3. The third kappa shape index (κ3) is 14.7. The number of alkyl halides is 4. The molecule has 0 radical (unpaired) electrons. The van der Waals surface area contributed by atoms with E-state index in [1.54, 1.807) is 21.1 Å². The van der Waals surface area contributed by atoms with Crippen molar-refractivity contribution in [2.24, 2.45) is 0 Å². The fourth-order valence-corrected chi connectivity index (χ4v) is 2.42. The summed E-state index contributed by atoms with van der Waals surface area (Å²) in [5, 5.41) is 3.76. The Labute approximate surface area is 177 Å². The Bertz CT molecular complexity index is 377. The van der Waals surface area contributed by atoms with Crippen molar-refractivity contribution < 1.29 is 32.3 Å². The first kappa shape index (κ1) is 28.1. The van der Waals surface area contributed by atoms with Crippen LogP contribution in [0.15, 0.2) is 0 Å². The van der Waals surface area contributed by atoms with E-state index in [2.05, 4.69) is 5.32 Å². The first-order chi connectivity index (χ1) is 12.5.